The van der Waals surface area contributed by atoms with Crippen LogP contribution in [0, 0.1) is 0 Å². The Morgan fingerprint density at radius 1 is 1.35 bits per heavy atom. The minimum atomic E-state index is -0.211. The summed E-state index contributed by atoms with van der Waals surface area (Å²) in [6, 6.07) is 9.49. The van der Waals surface area contributed by atoms with Crippen molar-refractivity contribution in [2.45, 2.75) is 18.9 Å². The fraction of sp³-hybridized carbons (Fsp3) is 0.231. The van der Waals surface area contributed by atoms with Crippen LogP contribution in [0.5, 0.6) is 0 Å². The minimum absolute atomic E-state index is 0.158. The standard InChI is InChI=1S/C13H14N2OS/c14-13(10-4-2-1-3-5-10)7-11(16)6-12-8-15-9-17-12/h1-5,8-9,13H,6-7,14H2. The van der Waals surface area contributed by atoms with E-state index in [0.29, 0.717) is 12.8 Å². The minimum Gasteiger partial charge on any atom is -0.324 e. The maximum atomic E-state index is 11.8. The summed E-state index contributed by atoms with van der Waals surface area (Å²) >= 11 is 1.50. The van der Waals surface area contributed by atoms with Crippen molar-refractivity contribution in [1.82, 2.24) is 4.98 Å². The van der Waals surface area contributed by atoms with Gasteiger partial charge in [-0.3, -0.25) is 9.78 Å². The van der Waals surface area contributed by atoms with Crippen molar-refractivity contribution in [3.63, 3.8) is 0 Å². The maximum absolute atomic E-state index is 11.8. The summed E-state index contributed by atoms with van der Waals surface area (Å²) in [5, 5.41) is 0. The van der Waals surface area contributed by atoms with Gasteiger partial charge >= 0.3 is 0 Å². The molecule has 0 fully saturated rings. The topological polar surface area (TPSA) is 56.0 Å². The van der Waals surface area contributed by atoms with Crippen LogP contribution < -0.4 is 5.73 Å². The second-order valence-corrected chi connectivity index (χ2v) is 4.88. The largest absolute Gasteiger partial charge is 0.324 e. The van der Waals surface area contributed by atoms with Crippen LogP contribution in [0.15, 0.2) is 42.0 Å². The first-order chi connectivity index (χ1) is 8.25. The molecule has 0 saturated heterocycles. The Bertz CT molecular complexity index is 467. The zero-order valence-corrected chi connectivity index (χ0v) is 10.2. The van der Waals surface area contributed by atoms with Crippen molar-refractivity contribution in [2.24, 2.45) is 5.73 Å². The van der Waals surface area contributed by atoms with E-state index in [-0.39, 0.29) is 11.8 Å². The third-order valence-corrected chi connectivity index (χ3v) is 3.31. The van der Waals surface area contributed by atoms with E-state index in [0.717, 1.165) is 10.4 Å². The van der Waals surface area contributed by atoms with Gasteiger partial charge in [0.15, 0.2) is 0 Å². The molecule has 4 heteroatoms. The fourth-order valence-electron chi connectivity index (χ4n) is 1.66. The highest BCUT2D eigenvalue weighted by atomic mass is 32.1. The molecule has 1 aromatic carbocycles. The molecule has 0 spiro atoms. The molecule has 2 rings (SSSR count). The Kier molecular flexibility index (Phi) is 4.01. The molecule has 2 aromatic rings. The van der Waals surface area contributed by atoms with Crippen molar-refractivity contribution in [2.75, 3.05) is 0 Å². The molecule has 1 aromatic heterocycles. The van der Waals surface area contributed by atoms with Gasteiger partial charge < -0.3 is 5.73 Å². The smallest absolute Gasteiger partial charge is 0.140 e. The van der Waals surface area contributed by atoms with Gasteiger partial charge in [0.25, 0.3) is 0 Å². The Morgan fingerprint density at radius 2 is 2.12 bits per heavy atom. The summed E-state index contributed by atoms with van der Waals surface area (Å²) in [4.78, 5) is 16.7. The molecule has 0 radical (unpaired) electrons. The molecule has 0 bridgehead atoms. The Hall–Kier alpha value is -1.52. The van der Waals surface area contributed by atoms with E-state index in [1.807, 2.05) is 30.3 Å². The van der Waals surface area contributed by atoms with Crippen molar-refractivity contribution in [3.05, 3.63) is 52.5 Å². The first-order valence-electron chi connectivity index (χ1n) is 5.45. The van der Waals surface area contributed by atoms with Crippen LogP contribution in [0.4, 0.5) is 0 Å². The number of nitrogens with zero attached hydrogens (tertiary/aromatic N) is 1. The van der Waals surface area contributed by atoms with Crippen LogP contribution in [-0.4, -0.2) is 10.8 Å². The van der Waals surface area contributed by atoms with Gasteiger partial charge in [0.05, 0.1) is 5.51 Å². The zero-order chi connectivity index (χ0) is 12.1. The van der Waals surface area contributed by atoms with Crippen LogP contribution in [0.1, 0.15) is 22.9 Å². The third-order valence-electron chi connectivity index (χ3n) is 2.53. The highest BCUT2D eigenvalue weighted by molar-refractivity contribution is 7.09. The van der Waals surface area contributed by atoms with E-state index in [9.17, 15) is 4.79 Å². The maximum Gasteiger partial charge on any atom is 0.140 e. The quantitative estimate of drug-likeness (QED) is 0.881. The number of carbonyl (C=O) groups is 1. The van der Waals surface area contributed by atoms with Gasteiger partial charge in [-0.2, -0.15) is 0 Å². The summed E-state index contributed by atoms with van der Waals surface area (Å²) < 4.78 is 0. The number of hydrogen-bond donors (Lipinski definition) is 1. The predicted molar refractivity (Wildman–Crippen MR) is 68.8 cm³/mol. The molecular formula is C13H14N2OS. The lowest BCUT2D eigenvalue weighted by Gasteiger charge is -2.10. The molecule has 0 aliphatic heterocycles. The second-order valence-electron chi connectivity index (χ2n) is 3.90. The monoisotopic (exact) mass is 246 g/mol. The van der Waals surface area contributed by atoms with Crippen LogP contribution in [0.3, 0.4) is 0 Å². The number of benzene rings is 1. The van der Waals surface area contributed by atoms with Gasteiger partial charge in [-0.25, -0.2) is 0 Å². The molecule has 0 amide bonds. The summed E-state index contributed by atoms with van der Waals surface area (Å²) in [5.41, 5.74) is 8.73. The number of Topliss-reactive ketones (excluding diaryl/α,β-unsaturated/α-hetero) is 1. The van der Waals surface area contributed by atoms with Gasteiger partial charge in [-0.1, -0.05) is 30.3 Å². The predicted octanol–water partition coefficient (Wildman–Crippen LogP) is 2.34. The lowest BCUT2D eigenvalue weighted by molar-refractivity contribution is -0.118. The first-order valence-corrected chi connectivity index (χ1v) is 6.33. The molecule has 3 nitrogen and oxygen atoms in total. The highest BCUT2D eigenvalue weighted by Gasteiger charge is 2.12. The van der Waals surface area contributed by atoms with Gasteiger partial charge in [0.1, 0.15) is 5.78 Å². The summed E-state index contributed by atoms with van der Waals surface area (Å²) in [6.45, 7) is 0. The molecule has 17 heavy (non-hydrogen) atoms. The molecule has 0 aliphatic carbocycles. The second kappa shape index (κ2) is 5.70. The number of nitrogens with two attached hydrogens (primary N) is 1. The molecule has 1 atom stereocenters. The van der Waals surface area contributed by atoms with Crippen LogP contribution in [0.2, 0.25) is 0 Å². The van der Waals surface area contributed by atoms with Gasteiger partial charge in [0.2, 0.25) is 0 Å². The van der Waals surface area contributed by atoms with E-state index < -0.39 is 0 Å². The fourth-order valence-corrected chi connectivity index (χ4v) is 2.28. The van der Waals surface area contributed by atoms with Gasteiger partial charge in [-0.15, -0.1) is 11.3 Å². The number of ketones is 1. The van der Waals surface area contributed by atoms with Crippen molar-refractivity contribution in [3.8, 4) is 0 Å². The lowest BCUT2D eigenvalue weighted by atomic mass is 10.0. The molecule has 1 unspecified atom stereocenters. The molecule has 1 heterocycles. The Morgan fingerprint density at radius 3 is 2.76 bits per heavy atom. The van der Waals surface area contributed by atoms with E-state index in [1.165, 1.54) is 11.3 Å². The van der Waals surface area contributed by atoms with Crippen LogP contribution in [-0.2, 0) is 11.2 Å². The van der Waals surface area contributed by atoms with Gasteiger partial charge in [0, 0.05) is 30.0 Å². The highest BCUT2D eigenvalue weighted by Crippen LogP contribution is 2.16. The SMILES string of the molecule is NC(CC(=O)Cc1cncs1)c1ccccc1. The number of rotatable bonds is 5. The number of thiazole rings is 1. The molecule has 0 aliphatic rings. The van der Waals surface area contributed by atoms with E-state index >= 15 is 0 Å². The molecule has 88 valence electrons. The third kappa shape index (κ3) is 3.47. The number of aromatic nitrogens is 1. The Labute approximate surface area is 104 Å². The summed E-state index contributed by atoms with van der Waals surface area (Å²) in [5.74, 6) is 0.158. The lowest BCUT2D eigenvalue weighted by Crippen LogP contribution is -2.16. The average molecular weight is 246 g/mol. The normalized spacial score (nSPS) is 12.3. The first kappa shape index (κ1) is 12.0. The molecular weight excluding hydrogens is 232 g/mol. The summed E-state index contributed by atoms with van der Waals surface area (Å²) in [6.07, 6.45) is 2.55. The van der Waals surface area contributed by atoms with Crippen molar-refractivity contribution in [1.29, 1.82) is 0 Å². The molecule has 2 N–H and O–H groups in total. The van der Waals surface area contributed by atoms with Crippen molar-refractivity contribution >= 4 is 17.1 Å². The van der Waals surface area contributed by atoms with E-state index in [4.69, 9.17) is 5.73 Å². The number of hydrogen-bond acceptors (Lipinski definition) is 4. The zero-order valence-electron chi connectivity index (χ0n) is 9.37. The molecule has 0 saturated carbocycles. The Balaban J connectivity index is 1.91. The summed E-state index contributed by atoms with van der Waals surface area (Å²) in [7, 11) is 0. The van der Waals surface area contributed by atoms with E-state index in [2.05, 4.69) is 4.98 Å². The van der Waals surface area contributed by atoms with Crippen molar-refractivity contribution < 1.29 is 4.79 Å². The number of carbonyl (C=O) groups excluding carboxylic acids is 1. The van der Waals surface area contributed by atoms with Crippen LogP contribution in [0.25, 0.3) is 0 Å². The van der Waals surface area contributed by atoms with E-state index in [1.54, 1.807) is 11.7 Å². The van der Waals surface area contributed by atoms with Gasteiger partial charge in [-0.05, 0) is 5.56 Å². The average Bonchev–Trinajstić information content (AvgIpc) is 2.82. The van der Waals surface area contributed by atoms with Crippen LogP contribution >= 0.6 is 11.3 Å².